The third kappa shape index (κ3) is 3.58. The van der Waals surface area contributed by atoms with E-state index in [1.165, 1.54) is 31.0 Å². The summed E-state index contributed by atoms with van der Waals surface area (Å²) in [4.78, 5) is 4.68. The van der Waals surface area contributed by atoms with Gasteiger partial charge in [-0.25, -0.2) is 18.1 Å². The largest absolute Gasteiger partial charge is 0.375 e. The van der Waals surface area contributed by atoms with Gasteiger partial charge in [0, 0.05) is 31.8 Å². The molecule has 2 heterocycles. The lowest BCUT2D eigenvalue weighted by Crippen LogP contribution is -2.29. The summed E-state index contributed by atoms with van der Waals surface area (Å²) in [5.74, 6) is 0. The van der Waals surface area contributed by atoms with E-state index in [-0.39, 0.29) is 17.7 Å². The smallest absolute Gasteiger partial charge is 0.259 e. The van der Waals surface area contributed by atoms with Crippen molar-refractivity contribution in [1.29, 1.82) is 0 Å². The average molecular weight is 336 g/mol. The Morgan fingerprint density at radius 1 is 1.55 bits per heavy atom. The van der Waals surface area contributed by atoms with E-state index >= 15 is 0 Å². The van der Waals surface area contributed by atoms with Crippen molar-refractivity contribution < 1.29 is 13.2 Å². The van der Waals surface area contributed by atoms with Crippen LogP contribution in [-0.4, -0.2) is 31.6 Å². The van der Waals surface area contributed by atoms with Gasteiger partial charge in [0.15, 0.2) is 5.03 Å². The first-order chi connectivity index (χ1) is 9.42. The third-order valence-electron chi connectivity index (χ3n) is 2.61. The lowest BCUT2D eigenvalue weighted by Gasteiger charge is -2.14. The Morgan fingerprint density at radius 3 is 2.80 bits per heavy atom. The van der Waals surface area contributed by atoms with Crippen molar-refractivity contribution in [2.24, 2.45) is 7.05 Å². The minimum atomic E-state index is -3.64. The molecule has 0 saturated carbocycles. The van der Waals surface area contributed by atoms with Crippen LogP contribution in [0, 0.1) is 0 Å². The second-order valence-electron chi connectivity index (χ2n) is 4.10. The van der Waals surface area contributed by atoms with Crippen LogP contribution in [0.1, 0.15) is 11.0 Å². The number of aryl methyl sites for hydroxylation is 1. The summed E-state index contributed by atoms with van der Waals surface area (Å²) in [7, 11) is -0.409. The van der Waals surface area contributed by atoms with Crippen LogP contribution in [0.4, 0.5) is 0 Å². The van der Waals surface area contributed by atoms with Crippen LogP contribution in [0.25, 0.3) is 0 Å². The van der Waals surface area contributed by atoms with Gasteiger partial charge in [0.1, 0.15) is 6.10 Å². The summed E-state index contributed by atoms with van der Waals surface area (Å²) in [6.45, 7) is 0.117. The second kappa shape index (κ2) is 6.23. The minimum absolute atomic E-state index is 0.0148. The van der Waals surface area contributed by atoms with Crippen molar-refractivity contribution in [2.75, 3.05) is 13.7 Å². The van der Waals surface area contributed by atoms with E-state index in [1.807, 2.05) is 6.07 Å². The van der Waals surface area contributed by atoms with Gasteiger partial charge >= 0.3 is 0 Å². The van der Waals surface area contributed by atoms with Crippen LogP contribution in [0.3, 0.4) is 0 Å². The Labute approximate surface area is 126 Å². The molecule has 0 aliphatic rings. The van der Waals surface area contributed by atoms with Gasteiger partial charge in [-0.2, -0.15) is 0 Å². The molecule has 0 aromatic carbocycles. The van der Waals surface area contributed by atoms with Crippen LogP contribution in [0.2, 0.25) is 4.34 Å². The summed E-state index contributed by atoms with van der Waals surface area (Å²) in [6.07, 6.45) is 2.49. The molecule has 1 atom stereocenters. The Kier molecular flexibility index (Phi) is 4.82. The summed E-state index contributed by atoms with van der Waals surface area (Å²) >= 11 is 7.22. The van der Waals surface area contributed by atoms with Crippen molar-refractivity contribution in [3.63, 3.8) is 0 Å². The van der Waals surface area contributed by atoms with E-state index in [1.54, 1.807) is 17.7 Å². The fraction of sp³-hybridized carbons (Fsp3) is 0.364. The van der Waals surface area contributed by atoms with Gasteiger partial charge in [-0.15, -0.1) is 11.3 Å². The third-order valence-corrected chi connectivity index (χ3v) is 5.24. The van der Waals surface area contributed by atoms with E-state index in [9.17, 15) is 8.42 Å². The molecule has 1 N–H and O–H groups in total. The zero-order chi connectivity index (χ0) is 14.8. The summed E-state index contributed by atoms with van der Waals surface area (Å²) in [5, 5.41) is -0.0148. The van der Waals surface area contributed by atoms with Gasteiger partial charge in [-0.1, -0.05) is 11.6 Å². The van der Waals surface area contributed by atoms with E-state index in [2.05, 4.69) is 9.71 Å². The van der Waals surface area contributed by atoms with Crippen LogP contribution >= 0.6 is 22.9 Å². The fourth-order valence-electron chi connectivity index (χ4n) is 1.59. The van der Waals surface area contributed by atoms with Crippen LogP contribution in [0.5, 0.6) is 0 Å². The van der Waals surface area contributed by atoms with Crippen molar-refractivity contribution >= 4 is 33.0 Å². The van der Waals surface area contributed by atoms with Gasteiger partial charge in [-0.3, -0.25) is 0 Å². The molecule has 0 aliphatic heterocycles. The minimum Gasteiger partial charge on any atom is -0.375 e. The predicted octanol–water partition coefficient (Wildman–Crippen LogP) is 1.80. The topological polar surface area (TPSA) is 73.2 Å². The maximum absolute atomic E-state index is 12.0. The number of methoxy groups -OCH3 is 1. The Balaban J connectivity index is 2.06. The van der Waals surface area contributed by atoms with Gasteiger partial charge in [-0.05, 0) is 12.1 Å². The monoisotopic (exact) mass is 335 g/mol. The highest BCUT2D eigenvalue weighted by molar-refractivity contribution is 7.89. The highest BCUT2D eigenvalue weighted by Crippen LogP contribution is 2.28. The summed E-state index contributed by atoms with van der Waals surface area (Å²) < 4.78 is 34.0. The summed E-state index contributed by atoms with van der Waals surface area (Å²) in [6, 6.07) is 3.57. The number of sulfonamides is 1. The normalized spacial score (nSPS) is 13.6. The predicted molar refractivity (Wildman–Crippen MR) is 77.5 cm³/mol. The maximum Gasteiger partial charge on any atom is 0.259 e. The fourth-order valence-corrected chi connectivity index (χ4v) is 3.74. The van der Waals surface area contributed by atoms with Crippen molar-refractivity contribution in [2.45, 2.75) is 11.1 Å². The summed E-state index contributed by atoms with van der Waals surface area (Å²) in [5.41, 5.74) is 0. The van der Waals surface area contributed by atoms with E-state index in [0.29, 0.717) is 4.34 Å². The molecule has 0 aliphatic carbocycles. The molecule has 0 spiro atoms. The first-order valence-corrected chi connectivity index (χ1v) is 8.36. The SMILES string of the molecule is CO[C@@H](CNS(=O)(=O)c1cn(C)cn1)c1ccc(Cl)s1. The molecule has 2 aromatic heterocycles. The number of imidazole rings is 1. The Morgan fingerprint density at radius 2 is 2.30 bits per heavy atom. The van der Waals surface area contributed by atoms with Gasteiger partial charge in [0.2, 0.25) is 0 Å². The molecule has 0 saturated heterocycles. The van der Waals surface area contributed by atoms with Gasteiger partial charge < -0.3 is 9.30 Å². The lowest BCUT2D eigenvalue weighted by atomic mass is 10.3. The van der Waals surface area contributed by atoms with Crippen LogP contribution in [0.15, 0.2) is 29.7 Å². The molecule has 2 aromatic rings. The second-order valence-corrected chi connectivity index (χ2v) is 7.56. The molecule has 6 nitrogen and oxygen atoms in total. The number of halogens is 1. The van der Waals surface area contributed by atoms with Gasteiger partial charge in [0.05, 0.1) is 10.7 Å². The molecule has 110 valence electrons. The molecule has 9 heteroatoms. The number of hydrogen-bond donors (Lipinski definition) is 1. The molecule has 2 rings (SSSR count). The molecule has 0 radical (unpaired) electrons. The van der Waals surface area contributed by atoms with E-state index in [0.717, 1.165) is 4.88 Å². The molecule has 0 unspecified atom stereocenters. The van der Waals surface area contributed by atoms with E-state index in [4.69, 9.17) is 16.3 Å². The maximum atomic E-state index is 12.0. The molecule has 0 bridgehead atoms. The molecule has 20 heavy (non-hydrogen) atoms. The first kappa shape index (κ1) is 15.5. The first-order valence-electron chi connectivity index (χ1n) is 5.68. The quantitative estimate of drug-likeness (QED) is 0.873. The number of nitrogens with one attached hydrogen (secondary N) is 1. The number of thiophene rings is 1. The number of hydrogen-bond acceptors (Lipinski definition) is 5. The van der Waals surface area contributed by atoms with Crippen molar-refractivity contribution in [1.82, 2.24) is 14.3 Å². The Hall–Kier alpha value is -0.930. The number of ether oxygens (including phenoxy) is 1. The molecular weight excluding hydrogens is 322 g/mol. The number of rotatable bonds is 6. The highest BCUT2D eigenvalue weighted by Gasteiger charge is 2.20. The van der Waals surface area contributed by atoms with Gasteiger partial charge in [0.25, 0.3) is 10.0 Å². The Bertz CT molecular complexity index is 681. The highest BCUT2D eigenvalue weighted by atomic mass is 35.5. The zero-order valence-corrected chi connectivity index (χ0v) is 13.3. The van der Waals surface area contributed by atoms with Crippen molar-refractivity contribution in [3.05, 3.63) is 33.9 Å². The van der Waals surface area contributed by atoms with E-state index < -0.39 is 10.0 Å². The zero-order valence-electron chi connectivity index (χ0n) is 10.9. The standard InChI is InChI=1S/C11H14ClN3O3S2/c1-15-6-11(13-7-15)20(16,17)14-5-8(18-2)9-3-4-10(12)19-9/h3-4,6-8,14H,5H2,1-2H3/t8-/m0/s1. The van der Waals surface area contributed by atoms with Crippen LogP contribution in [-0.2, 0) is 21.8 Å². The number of nitrogens with zero attached hydrogens (tertiary/aromatic N) is 2. The molecule has 0 fully saturated rings. The average Bonchev–Trinajstić information content (AvgIpc) is 2.99. The van der Waals surface area contributed by atoms with Crippen LogP contribution < -0.4 is 4.72 Å². The molecule has 0 amide bonds. The molecular formula is C11H14ClN3O3S2. The number of aromatic nitrogens is 2. The van der Waals surface area contributed by atoms with Crippen molar-refractivity contribution in [3.8, 4) is 0 Å². The lowest BCUT2D eigenvalue weighted by molar-refractivity contribution is 0.110.